The third-order valence-corrected chi connectivity index (χ3v) is 7.54. The Morgan fingerprint density at radius 2 is 1.64 bits per heavy atom. The lowest BCUT2D eigenvalue weighted by Gasteiger charge is -2.13. The van der Waals surface area contributed by atoms with Crippen LogP contribution in [-0.4, -0.2) is 36.3 Å². The zero-order chi connectivity index (χ0) is 28.6. The number of nitrogens with zero attached hydrogens (tertiary/aromatic N) is 3. The molecule has 0 radical (unpaired) electrons. The van der Waals surface area contributed by atoms with E-state index in [0.717, 1.165) is 59.9 Å². The van der Waals surface area contributed by atoms with Crippen molar-refractivity contribution in [2.24, 2.45) is 7.05 Å². The zero-order valence-corrected chi connectivity index (χ0v) is 24.9. The fourth-order valence-corrected chi connectivity index (χ4v) is 5.79. The molecule has 0 unspecified atom stereocenters. The van der Waals surface area contributed by atoms with Crippen LogP contribution in [0, 0.1) is 6.92 Å². The summed E-state index contributed by atoms with van der Waals surface area (Å²) >= 11 is 7.71. The molecule has 5 aromatic rings. The molecule has 2 aromatic heterocycles. The summed E-state index contributed by atoms with van der Waals surface area (Å²) in [6.07, 6.45) is -0.0508. The molecule has 0 fully saturated rings. The molecule has 0 aliphatic rings. The lowest BCUT2D eigenvalue weighted by atomic mass is 9.93. The normalized spacial score (nSPS) is 11.7. The van der Waals surface area contributed by atoms with Gasteiger partial charge in [0.15, 0.2) is 0 Å². The van der Waals surface area contributed by atoms with Crippen molar-refractivity contribution in [3.63, 3.8) is 0 Å². The van der Waals surface area contributed by atoms with Gasteiger partial charge in [-0.05, 0) is 80.8 Å². The molecular weight excluding hydrogens is 530 g/mol. The lowest BCUT2D eigenvalue weighted by molar-refractivity contribution is -0.136. The van der Waals surface area contributed by atoms with Gasteiger partial charge in [0.2, 0.25) is 0 Å². The highest BCUT2D eigenvalue weighted by Gasteiger charge is 2.20. The Labute approximate surface area is 237 Å². The Bertz CT molecular complexity index is 1660. The molecule has 8 heteroatoms. The first-order valence-electron chi connectivity index (χ1n) is 12.8. The second-order valence-corrected chi connectivity index (χ2v) is 12.5. The van der Waals surface area contributed by atoms with Gasteiger partial charge in [-0.2, -0.15) is 0 Å². The molecule has 0 spiro atoms. The van der Waals surface area contributed by atoms with Gasteiger partial charge in [0, 0.05) is 29.1 Å². The van der Waals surface area contributed by atoms with Crippen molar-refractivity contribution < 1.29 is 15.0 Å². The monoisotopic (exact) mass is 563 g/mol. The summed E-state index contributed by atoms with van der Waals surface area (Å²) in [6, 6.07) is 15.8. The van der Waals surface area contributed by atoms with Gasteiger partial charge >= 0.3 is 5.97 Å². The highest BCUT2D eigenvalue weighted by Crippen LogP contribution is 2.41. The van der Waals surface area contributed by atoms with Crippen LogP contribution >= 0.6 is 22.9 Å². The minimum atomic E-state index is -0.857. The fraction of sp³-hybridized carbons (Fsp3) is 0.323. The Morgan fingerprint density at radius 3 is 2.23 bits per heavy atom. The lowest BCUT2D eigenvalue weighted by Crippen LogP contribution is -2.10. The van der Waals surface area contributed by atoms with Crippen molar-refractivity contribution in [3.05, 3.63) is 70.5 Å². The largest absolute Gasteiger partial charge is 0.481 e. The van der Waals surface area contributed by atoms with Crippen molar-refractivity contribution in [1.82, 2.24) is 14.5 Å². The van der Waals surface area contributed by atoms with Gasteiger partial charge in [-0.25, -0.2) is 9.97 Å². The molecule has 6 nitrogen and oxygen atoms in total. The minimum absolute atomic E-state index is 0.0508. The average molecular weight is 564 g/mol. The number of benzene rings is 3. The van der Waals surface area contributed by atoms with Crippen LogP contribution in [0.4, 0.5) is 0 Å². The van der Waals surface area contributed by atoms with E-state index in [2.05, 4.69) is 36.6 Å². The Morgan fingerprint density at radius 1 is 1.03 bits per heavy atom. The van der Waals surface area contributed by atoms with Gasteiger partial charge in [0.1, 0.15) is 10.8 Å². The second kappa shape index (κ2) is 11.1. The van der Waals surface area contributed by atoms with Crippen molar-refractivity contribution in [2.75, 3.05) is 0 Å². The predicted octanol–water partition coefficient (Wildman–Crippen LogP) is 8.01. The molecule has 0 aliphatic heterocycles. The predicted molar refractivity (Wildman–Crippen MR) is 162 cm³/mol. The number of aromatic nitrogens is 3. The van der Waals surface area contributed by atoms with Crippen LogP contribution < -0.4 is 0 Å². The first kappa shape index (κ1) is 28.7. The topological polar surface area (TPSA) is 88.2 Å². The van der Waals surface area contributed by atoms with Gasteiger partial charge in [-0.1, -0.05) is 37.6 Å². The van der Waals surface area contributed by atoms with Crippen LogP contribution in [0.5, 0.6) is 0 Å². The molecule has 0 atom stereocenters. The molecular formula is C31H34ClN3O3S. The number of fused-ring (bicyclic) bond motifs is 2. The maximum atomic E-state index is 11.7. The SMILES string of the molecule is CC(C)(C)O.Cc1cc2nc(-c3ccc4c(c3)nc(C(C)C)n4C)sc2c(-c2ccc(Cl)cc2)c1CC(=O)O. The van der Waals surface area contributed by atoms with Gasteiger partial charge in [-0.15, -0.1) is 11.3 Å². The third-order valence-electron chi connectivity index (χ3n) is 6.15. The first-order valence-corrected chi connectivity index (χ1v) is 14.0. The molecule has 39 heavy (non-hydrogen) atoms. The van der Waals surface area contributed by atoms with E-state index in [1.807, 2.05) is 44.3 Å². The number of aryl methyl sites for hydroxylation is 2. The average Bonchev–Trinajstić information content (AvgIpc) is 3.39. The van der Waals surface area contributed by atoms with Crippen LogP contribution in [0.25, 0.3) is 42.9 Å². The van der Waals surface area contributed by atoms with Crippen molar-refractivity contribution in [1.29, 1.82) is 0 Å². The molecule has 2 heterocycles. The Kier molecular flexibility index (Phi) is 8.17. The molecule has 3 aromatic carbocycles. The fourth-order valence-electron chi connectivity index (χ4n) is 4.53. The molecule has 0 saturated carbocycles. The summed E-state index contributed by atoms with van der Waals surface area (Å²) in [4.78, 5) is 21.5. The quantitative estimate of drug-likeness (QED) is 0.226. The molecule has 0 amide bonds. The van der Waals surface area contributed by atoms with Crippen LogP contribution in [0.1, 0.15) is 57.5 Å². The molecule has 5 rings (SSSR count). The van der Waals surface area contributed by atoms with E-state index in [1.165, 1.54) is 0 Å². The van der Waals surface area contributed by atoms with E-state index in [1.54, 1.807) is 32.1 Å². The highest BCUT2D eigenvalue weighted by molar-refractivity contribution is 7.22. The van der Waals surface area contributed by atoms with Gasteiger partial charge in [0.25, 0.3) is 0 Å². The van der Waals surface area contributed by atoms with Crippen molar-refractivity contribution in [3.8, 4) is 21.7 Å². The summed E-state index contributed by atoms with van der Waals surface area (Å²) in [5.41, 5.74) is 6.98. The zero-order valence-electron chi connectivity index (χ0n) is 23.3. The Hall–Kier alpha value is -3.26. The number of aliphatic carboxylic acids is 1. The molecule has 204 valence electrons. The van der Waals surface area contributed by atoms with Crippen LogP contribution in [-0.2, 0) is 18.3 Å². The van der Waals surface area contributed by atoms with E-state index in [4.69, 9.17) is 26.7 Å². The van der Waals surface area contributed by atoms with E-state index >= 15 is 0 Å². The van der Waals surface area contributed by atoms with E-state index in [9.17, 15) is 9.90 Å². The van der Waals surface area contributed by atoms with Crippen LogP contribution in [0.15, 0.2) is 48.5 Å². The van der Waals surface area contributed by atoms with Gasteiger partial charge in [0.05, 0.1) is 33.3 Å². The maximum Gasteiger partial charge on any atom is 0.307 e. The number of carboxylic acids is 1. The second-order valence-electron chi connectivity index (χ2n) is 11.0. The van der Waals surface area contributed by atoms with E-state index < -0.39 is 11.6 Å². The number of aliphatic hydroxyl groups is 1. The first-order chi connectivity index (χ1) is 18.2. The number of imidazole rings is 1. The third kappa shape index (κ3) is 6.49. The molecule has 2 N–H and O–H groups in total. The van der Waals surface area contributed by atoms with E-state index in [-0.39, 0.29) is 6.42 Å². The van der Waals surface area contributed by atoms with Crippen LogP contribution in [0.3, 0.4) is 0 Å². The number of hydrogen-bond donors (Lipinski definition) is 2. The number of carboxylic acid groups (broad SMARTS) is 1. The summed E-state index contributed by atoms with van der Waals surface area (Å²) in [7, 11) is 2.05. The highest BCUT2D eigenvalue weighted by atomic mass is 35.5. The summed E-state index contributed by atoms with van der Waals surface area (Å²) in [5, 5.41) is 19.6. The Balaban J connectivity index is 0.000000648. The minimum Gasteiger partial charge on any atom is -0.481 e. The van der Waals surface area contributed by atoms with Crippen molar-refractivity contribution >= 4 is 50.2 Å². The standard InChI is InChI=1S/C27H24ClN3O2S.C4H10O/c1-14(2)26-29-20-12-17(7-10-22(20)31(26)4)27-30-21-11-15(3)19(13-23(32)33)24(25(21)34-27)16-5-8-18(28)9-6-16;1-4(2,3)5/h5-12,14H,13H2,1-4H3,(H,32,33);5H,1-3H3. The van der Waals surface area contributed by atoms with Crippen molar-refractivity contribution in [2.45, 2.75) is 59.5 Å². The molecule has 0 saturated heterocycles. The molecule has 0 aliphatic carbocycles. The number of carbonyl (C=O) groups is 1. The van der Waals surface area contributed by atoms with Gasteiger partial charge in [-0.3, -0.25) is 4.79 Å². The molecule has 0 bridgehead atoms. The number of halogens is 1. The number of rotatable bonds is 5. The smallest absolute Gasteiger partial charge is 0.307 e. The summed E-state index contributed by atoms with van der Waals surface area (Å²) in [5.74, 6) is 0.528. The van der Waals surface area contributed by atoms with Crippen LogP contribution in [0.2, 0.25) is 5.02 Å². The van der Waals surface area contributed by atoms with E-state index in [0.29, 0.717) is 10.9 Å². The maximum absolute atomic E-state index is 11.7. The summed E-state index contributed by atoms with van der Waals surface area (Å²) in [6.45, 7) is 11.5. The number of hydrogen-bond acceptors (Lipinski definition) is 5. The summed E-state index contributed by atoms with van der Waals surface area (Å²) < 4.78 is 3.12. The number of thiazole rings is 1. The van der Waals surface area contributed by atoms with Gasteiger partial charge < -0.3 is 14.8 Å².